The summed E-state index contributed by atoms with van der Waals surface area (Å²) in [7, 11) is 0. The van der Waals surface area contributed by atoms with Gasteiger partial charge in [0.15, 0.2) is 0 Å². The molecule has 5 nitrogen and oxygen atoms in total. The summed E-state index contributed by atoms with van der Waals surface area (Å²) >= 11 is 1.61. The Morgan fingerprint density at radius 2 is 2.12 bits per heavy atom. The summed E-state index contributed by atoms with van der Waals surface area (Å²) in [6.07, 6.45) is 7.17. The van der Waals surface area contributed by atoms with Crippen molar-refractivity contribution >= 4 is 21.6 Å². The highest BCUT2D eigenvalue weighted by Crippen LogP contribution is 2.36. The highest BCUT2D eigenvalue weighted by molar-refractivity contribution is 7.18. The summed E-state index contributed by atoms with van der Waals surface area (Å²) in [4.78, 5) is 22.4. The number of rotatable bonds is 3. The molecule has 1 aliphatic heterocycles. The van der Waals surface area contributed by atoms with Crippen molar-refractivity contribution in [2.24, 2.45) is 0 Å². The minimum atomic E-state index is -0.214. The number of fused-ring (bicyclic) bond motifs is 3. The van der Waals surface area contributed by atoms with E-state index in [1.807, 2.05) is 0 Å². The number of hydrogen-bond donors (Lipinski definition) is 2. The summed E-state index contributed by atoms with van der Waals surface area (Å²) in [5, 5.41) is 4.32. The average molecular weight is 347 g/mol. The van der Waals surface area contributed by atoms with Crippen LogP contribution in [0.3, 0.4) is 0 Å². The van der Waals surface area contributed by atoms with Crippen LogP contribution in [0.15, 0.2) is 4.79 Å². The van der Waals surface area contributed by atoms with Crippen molar-refractivity contribution in [2.45, 2.75) is 77.2 Å². The van der Waals surface area contributed by atoms with Gasteiger partial charge in [0.2, 0.25) is 0 Å². The van der Waals surface area contributed by atoms with Crippen LogP contribution in [0.5, 0.6) is 0 Å². The first-order valence-electron chi connectivity index (χ1n) is 8.93. The molecule has 2 aliphatic rings. The molecule has 0 unspecified atom stereocenters. The third-order valence-corrected chi connectivity index (χ3v) is 6.25. The first kappa shape index (κ1) is 16.2. The SMILES string of the molecule is CC1(C)Cc2c(sc3nc(CNC4CCCCC4)[nH]c(=O)c23)CO1. The molecule has 0 amide bonds. The molecule has 1 aliphatic carbocycles. The van der Waals surface area contributed by atoms with Crippen molar-refractivity contribution in [1.29, 1.82) is 0 Å². The monoisotopic (exact) mass is 347 g/mol. The van der Waals surface area contributed by atoms with Gasteiger partial charge in [-0.25, -0.2) is 4.98 Å². The van der Waals surface area contributed by atoms with E-state index in [-0.39, 0.29) is 11.2 Å². The second-order valence-corrected chi connectivity index (χ2v) is 8.72. The maximum absolute atomic E-state index is 12.6. The van der Waals surface area contributed by atoms with Gasteiger partial charge in [0.25, 0.3) is 5.56 Å². The summed E-state index contributed by atoms with van der Waals surface area (Å²) in [6.45, 7) is 5.37. The quantitative estimate of drug-likeness (QED) is 0.894. The number of aromatic amines is 1. The average Bonchev–Trinajstić information content (AvgIpc) is 2.91. The zero-order valence-corrected chi connectivity index (χ0v) is 15.2. The van der Waals surface area contributed by atoms with Crippen LogP contribution in [0, 0.1) is 0 Å². The van der Waals surface area contributed by atoms with Crippen LogP contribution >= 0.6 is 11.3 Å². The third-order valence-electron chi connectivity index (χ3n) is 5.15. The van der Waals surface area contributed by atoms with Crippen molar-refractivity contribution in [2.75, 3.05) is 0 Å². The van der Waals surface area contributed by atoms with Gasteiger partial charge in [-0.3, -0.25) is 4.79 Å². The smallest absolute Gasteiger partial charge is 0.259 e. The molecule has 130 valence electrons. The molecule has 2 aromatic rings. The zero-order chi connectivity index (χ0) is 16.7. The Kier molecular flexibility index (Phi) is 4.22. The standard InChI is InChI=1S/C18H25N3O2S/c1-18(2)8-12-13(10-23-18)24-17-15(12)16(22)20-14(21-17)9-19-11-6-4-3-5-7-11/h11,19H,3-10H2,1-2H3,(H,20,21,22). The molecule has 2 N–H and O–H groups in total. The van der Waals surface area contributed by atoms with Gasteiger partial charge in [-0.05, 0) is 32.3 Å². The minimum Gasteiger partial charge on any atom is -0.370 e. The van der Waals surface area contributed by atoms with Crippen LogP contribution in [0.25, 0.3) is 10.2 Å². The predicted molar refractivity (Wildman–Crippen MR) is 96.5 cm³/mol. The van der Waals surface area contributed by atoms with Gasteiger partial charge in [-0.2, -0.15) is 0 Å². The van der Waals surface area contributed by atoms with E-state index in [2.05, 4.69) is 24.1 Å². The summed E-state index contributed by atoms with van der Waals surface area (Å²) < 4.78 is 5.88. The predicted octanol–water partition coefficient (Wildman–Crippen LogP) is 3.26. The fourth-order valence-corrected chi connectivity index (χ4v) is 4.95. The lowest BCUT2D eigenvalue weighted by atomic mass is 9.94. The second-order valence-electron chi connectivity index (χ2n) is 7.64. The number of nitrogens with zero attached hydrogens (tertiary/aromatic N) is 1. The highest BCUT2D eigenvalue weighted by Gasteiger charge is 2.30. The molecule has 2 aromatic heterocycles. The van der Waals surface area contributed by atoms with Crippen molar-refractivity contribution in [3.63, 3.8) is 0 Å². The molecule has 6 heteroatoms. The van der Waals surface area contributed by atoms with Gasteiger partial charge >= 0.3 is 0 Å². The number of H-pyrrole nitrogens is 1. The molecular weight excluding hydrogens is 322 g/mol. The van der Waals surface area contributed by atoms with Gasteiger partial charge < -0.3 is 15.0 Å². The Hall–Kier alpha value is -1.24. The van der Waals surface area contributed by atoms with Gasteiger partial charge in [0, 0.05) is 17.3 Å². The maximum Gasteiger partial charge on any atom is 0.259 e. The van der Waals surface area contributed by atoms with Gasteiger partial charge in [-0.1, -0.05) is 19.3 Å². The highest BCUT2D eigenvalue weighted by atomic mass is 32.1. The molecule has 0 radical (unpaired) electrons. The van der Waals surface area contributed by atoms with E-state index in [0.717, 1.165) is 32.9 Å². The number of aromatic nitrogens is 2. The number of thiophene rings is 1. The van der Waals surface area contributed by atoms with E-state index < -0.39 is 0 Å². The van der Waals surface area contributed by atoms with Crippen LogP contribution < -0.4 is 10.9 Å². The molecule has 1 fully saturated rings. The number of ether oxygens (including phenoxy) is 1. The number of hydrogen-bond acceptors (Lipinski definition) is 5. The number of nitrogens with one attached hydrogen (secondary N) is 2. The van der Waals surface area contributed by atoms with Gasteiger partial charge in [0.1, 0.15) is 10.7 Å². The molecule has 1 saturated carbocycles. The first-order valence-corrected chi connectivity index (χ1v) is 9.74. The maximum atomic E-state index is 12.6. The Labute approximate surface area is 145 Å². The molecule has 0 aromatic carbocycles. The first-order chi connectivity index (χ1) is 11.5. The Bertz CT molecular complexity index is 802. The lowest BCUT2D eigenvalue weighted by molar-refractivity contribution is -0.0379. The van der Waals surface area contributed by atoms with Crippen LogP contribution in [-0.2, 0) is 24.3 Å². The second kappa shape index (κ2) is 6.24. The minimum absolute atomic E-state index is 0.00403. The molecule has 0 saturated heterocycles. The fourth-order valence-electron chi connectivity index (χ4n) is 3.83. The molecule has 4 rings (SSSR count). The van der Waals surface area contributed by atoms with Crippen molar-refractivity contribution < 1.29 is 4.74 Å². The lowest BCUT2D eigenvalue weighted by Gasteiger charge is -2.29. The summed E-state index contributed by atoms with van der Waals surface area (Å²) in [5.74, 6) is 0.747. The Balaban J connectivity index is 1.60. The van der Waals surface area contributed by atoms with Crippen molar-refractivity contribution in [1.82, 2.24) is 15.3 Å². The molecule has 0 spiro atoms. The van der Waals surface area contributed by atoms with Crippen LogP contribution in [-0.4, -0.2) is 21.6 Å². The van der Waals surface area contributed by atoms with Crippen LogP contribution in [0.1, 0.15) is 62.2 Å². The summed E-state index contributed by atoms with van der Waals surface area (Å²) in [6, 6.07) is 0.561. The Morgan fingerprint density at radius 1 is 1.33 bits per heavy atom. The van der Waals surface area contributed by atoms with Gasteiger partial charge in [-0.15, -0.1) is 11.3 Å². The molecule has 0 bridgehead atoms. The molecule has 3 heterocycles. The van der Waals surface area contributed by atoms with E-state index >= 15 is 0 Å². The van der Waals surface area contributed by atoms with Crippen molar-refractivity contribution in [3.05, 3.63) is 26.6 Å². The normalized spacial score (nSPS) is 21.1. The lowest BCUT2D eigenvalue weighted by Crippen LogP contribution is -2.32. The van der Waals surface area contributed by atoms with E-state index in [0.29, 0.717) is 19.2 Å². The van der Waals surface area contributed by atoms with Gasteiger partial charge in [0.05, 0.1) is 24.1 Å². The topological polar surface area (TPSA) is 67.0 Å². The zero-order valence-electron chi connectivity index (χ0n) is 14.4. The third kappa shape index (κ3) is 3.15. The van der Waals surface area contributed by atoms with E-state index in [1.54, 1.807) is 11.3 Å². The van der Waals surface area contributed by atoms with E-state index in [1.165, 1.54) is 32.1 Å². The van der Waals surface area contributed by atoms with Crippen LogP contribution in [0.4, 0.5) is 0 Å². The fraction of sp³-hybridized carbons (Fsp3) is 0.667. The van der Waals surface area contributed by atoms with E-state index in [4.69, 9.17) is 9.72 Å². The molecule has 24 heavy (non-hydrogen) atoms. The molecule has 0 atom stereocenters. The molecular formula is C18H25N3O2S. The largest absolute Gasteiger partial charge is 0.370 e. The summed E-state index contributed by atoms with van der Waals surface area (Å²) in [5.41, 5.74) is 0.914. The van der Waals surface area contributed by atoms with Crippen LogP contribution in [0.2, 0.25) is 0 Å². The Morgan fingerprint density at radius 3 is 2.92 bits per heavy atom. The van der Waals surface area contributed by atoms with E-state index in [9.17, 15) is 4.79 Å². The van der Waals surface area contributed by atoms with Crippen molar-refractivity contribution in [3.8, 4) is 0 Å².